The van der Waals surface area contributed by atoms with E-state index in [1.54, 1.807) is 6.08 Å². The van der Waals surface area contributed by atoms with E-state index in [2.05, 4.69) is 21.4 Å². The van der Waals surface area contributed by atoms with E-state index >= 15 is 0 Å². The van der Waals surface area contributed by atoms with Crippen molar-refractivity contribution in [2.75, 3.05) is 24.0 Å². The summed E-state index contributed by atoms with van der Waals surface area (Å²) in [5.41, 5.74) is 5.29. The van der Waals surface area contributed by atoms with E-state index < -0.39 is 5.91 Å². The molecular formula is C22H18BrN3O2. The number of carbonyl (C=O) groups is 2. The summed E-state index contributed by atoms with van der Waals surface area (Å²) in [7, 11) is 3.92. The van der Waals surface area contributed by atoms with Gasteiger partial charge in [-0.2, -0.15) is 0 Å². The van der Waals surface area contributed by atoms with Crippen LogP contribution in [0.3, 0.4) is 0 Å². The highest BCUT2D eigenvalue weighted by molar-refractivity contribution is 9.10. The lowest BCUT2D eigenvalue weighted by molar-refractivity contribution is -0.117. The number of fused-ring (bicyclic) bond motifs is 1. The van der Waals surface area contributed by atoms with Crippen molar-refractivity contribution in [2.45, 2.75) is 0 Å². The molecule has 0 bridgehead atoms. The first kappa shape index (κ1) is 18.3. The van der Waals surface area contributed by atoms with Crippen molar-refractivity contribution in [3.8, 4) is 0 Å². The second kappa shape index (κ2) is 7.13. The highest BCUT2D eigenvalue weighted by Gasteiger charge is 2.35. The van der Waals surface area contributed by atoms with E-state index in [-0.39, 0.29) is 11.5 Å². The van der Waals surface area contributed by atoms with Crippen molar-refractivity contribution >= 4 is 56.0 Å². The summed E-state index contributed by atoms with van der Waals surface area (Å²) in [6.07, 6.45) is 1.62. The molecule has 1 aliphatic rings. The molecule has 0 aromatic heterocycles. The van der Waals surface area contributed by atoms with Gasteiger partial charge in [0.05, 0.1) is 5.69 Å². The zero-order chi connectivity index (χ0) is 19.8. The highest BCUT2D eigenvalue weighted by Crippen LogP contribution is 2.33. The van der Waals surface area contributed by atoms with Crippen LogP contribution in [0.15, 0.2) is 70.7 Å². The minimum absolute atomic E-state index is 0.115. The van der Waals surface area contributed by atoms with Crippen LogP contribution in [-0.2, 0) is 9.59 Å². The fourth-order valence-electron chi connectivity index (χ4n) is 3.20. The maximum absolute atomic E-state index is 13.0. The molecule has 28 heavy (non-hydrogen) atoms. The van der Waals surface area contributed by atoms with Crippen molar-refractivity contribution in [3.05, 3.63) is 76.3 Å². The van der Waals surface area contributed by atoms with E-state index in [9.17, 15) is 9.59 Å². The van der Waals surface area contributed by atoms with Gasteiger partial charge < -0.3 is 4.90 Å². The van der Waals surface area contributed by atoms with Gasteiger partial charge in [-0.3, -0.25) is 15.0 Å². The largest absolute Gasteiger partial charge is 0.378 e. The Kier molecular flexibility index (Phi) is 4.65. The number of nitrogens with zero attached hydrogens (tertiary/aromatic N) is 2. The van der Waals surface area contributed by atoms with Crippen molar-refractivity contribution in [1.29, 1.82) is 0 Å². The lowest BCUT2D eigenvalue weighted by Crippen LogP contribution is -2.35. The van der Waals surface area contributed by atoms with Crippen molar-refractivity contribution in [3.63, 3.8) is 0 Å². The van der Waals surface area contributed by atoms with Gasteiger partial charge in [-0.25, -0.2) is 5.01 Å². The molecule has 0 saturated carbocycles. The number of rotatable bonds is 3. The zero-order valence-electron chi connectivity index (χ0n) is 15.4. The third-order valence-electron chi connectivity index (χ3n) is 4.70. The normalized spacial score (nSPS) is 15.4. The van der Waals surface area contributed by atoms with Gasteiger partial charge in [-0.15, -0.1) is 0 Å². The molecule has 3 aromatic rings. The van der Waals surface area contributed by atoms with Crippen molar-refractivity contribution in [2.24, 2.45) is 0 Å². The molecule has 4 rings (SSSR count). The standard InChI is InChI=1S/C22H18BrN3O2/c1-25(2)15-9-7-14(8-10-15)13-18-21(27)24-26(22(18)28)20-12-11-19(23)16-5-3-4-6-17(16)20/h3-13H,1-2H3,(H,24,27)/b18-13+. The Hall–Kier alpha value is -3.12. The Balaban J connectivity index is 1.71. The van der Waals surface area contributed by atoms with Crippen LogP contribution in [0.5, 0.6) is 0 Å². The average Bonchev–Trinajstić information content (AvgIpc) is 2.97. The van der Waals surface area contributed by atoms with Gasteiger partial charge in [0.15, 0.2) is 0 Å². The summed E-state index contributed by atoms with van der Waals surface area (Å²) in [4.78, 5) is 27.5. The third kappa shape index (κ3) is 3.16. The van der Waals surface area contributed by atoms with Crippen molar-refractivity contribution in [1.82, 2.24) is 5.43 Å². The van der Waals surface area contributed by atoms with Crippen LogP contribution >= 0.6 is 15.9 Å². The SMILES string of the molecule is CN(C)c1ccc(/C=C2\C(=O)NN(c3ccc(Br)c4ccccc34)C2=O)cc1. The van der Waals surface area contributed by atoms with Crippen LogP contribution in [-0.4, -0.2) is 25.9 Å². The molecule has 1 heterocycles. The first-order valence-corrected chi connectivity index (χ1v) is 9.57. The molecule has 0 radical (unpaired) electrons. The highest BCUT2D eigenvalue weighted by atomic mass is 79.9. The number of anilines is 2. The van der Waals surface area contributed by atoms with E-state index in [0.29, 0.717) is 5.69 Å². The molecular weight excluding hydrogens is 418 g/mol. The number of halogens is 1. The Bertz CT molecular complexity index is 1120. The predicted molar refractivity (Wildman–Crippen MR) is 116 cm³/mol. The molecule has 140 valence electrons. The van der Waals surface area contributed by atoms with Crippen molar-refractivity contribution < 1.29 is 9.59 Å². The quantitative estimate of drug-likeness (QED) is 0.496. The lowest BCUT2D eigenvalue weighted by atomic mass is 10.1. The summed E-state index contributed by atoms with van der Waals surface area (Å²) >= 11 is 3.53. The summed E-state index contributed by atoms with van der Waals surface area (Å²) in [5, 5.41) is 3.16. The molecule has 5 nitrogen and oxygen atoms in total. The number of nitrogens with one attached hydrogen (secondary N) is 1. The number of hydrogen-bond donors (Lipinski definition) is 1. The first-order valence-electron chi connectivity index (χ1n) is 8.77. The maximum Gasteiger partial charge on any atom is 0.282 e. The van der Waals surface area contributed by atoms with Gasteiger partial charge >= 0.3 is 0 Å². The molecule has 0 spiro atoms. The molecule has 3 aromatic carbocycles. The zero-order valence-corrected chi connectivity index (χ0v) is 17.0. The maximum atomic E-state index is 13.0. The van der Waals surface area contributed by atoms with Gasteiger partial charge in [0, 0.05) is 29.6 Å². The van der Waals surface area contributed by atoms with Crippen LogP contribution in [0, 0.1) is 0 Å². The predicted octanol–water partition coefficient (Wildman–Crippen LogP) is 4.13. The summed E-state index contributed by atoms with van der Waals surface area (Å²) in [6.45, 7) is 0. The van der Waals surface area contributed by atoms with E-state index in [4.69, 9.17) is 0 Å². The fourth-order valence-corrected chi connectivity index (χ4v) is 3.68. The number of benzene rings is 3. The smallest absolute Gasteiger partial charge is 0.282 e. The van der Waals surface area contributed by atoms with E-state index in [0.717, 1.165) is 26.5 Å². The number of hydrazine groups is 1. The number of amides is 2. The second-order valence-electron chi connectivity index (χ2n) is 6.74. The minimum Gasteiger partial charge on any atom is -0.378 e. The summed E-state index contributed by atoms with van der Waals surface area (Å²) < 4.78 is 0.932. The van der Waals surface area contributed by atoms with Gasteiger partial charge in [-0.1, -0.05) is 52.3 Å². The molecule has 6 heteroatoms. The lowest BCUT2D eigenvalue weighted by Gasteiger charge is -2.17. The molecule has 0 unspecified atom stereocenters. The molecule has 1 fully saturated rings. The molecule has 1 saturated heterocycles. The topological polar surface area (TPSA) is 52.7 Å². The molecule has 2 amide bonds. The molecule has 1 N–H and O–H groups in total. The first-order chi connectivity index (χ1) is 13.5. The monoisotopic (exact) mass is 435 g/mol. The van der Waals surface area contributed by atoms with Crippen LogP contribution in [0.25, 0.3) is 16.8 Å². The van der Waals surface area contributed by atoms with Crippen LogP contribution in [0.1, 0.15) is 5.56 Å². The number of carbonyl (C=O) groups excluding carboxylic acids is 2. The summed E-state index contributed by atoms with van der Waals surface area (Å²) in [5.74, 6) is -0.775. The molecule has 0 atom stereocenters. The van der Waals surface area contributed by atoms with Gasteiger partial charge in [0.2, 0.25) is 0 Å². The Morgan fingerprint density at radius 2 is 1.61 bits per heavy atom. The molecule has 0 aliphatic carbocycles. The average molecular weight is 436 g/mol. The minimum atomic E-state index is -0.409. The summed E-state index contributed by atoms with van der Waals surface area (Å²) in [6, 6.07) is 19.1. The van der Waals surface area contributed by atoms with Gasteiger partial charge in [0.1, 0.15) is 5.57 Å². The Morgan fingerprint density at radius 1 is 0.929 bits per heavy atom. The third-order valence-corrected chi connectivity index (χ3v) is 5.39. The van der Waals surface area contributed by atoms with Crippen LogP contribution in [0.4, 0.5) is 11.4 Å². The van der Waals surface area contributed by atoms with E-state index in [1.807, 2.05) is 79.7 Å². The van der Waals surface area contributed by atoms with Crippen LogP contribution in [0.2, 0.25) is 0 Å². The van der Waals surface area contributed by atoms with Gasteiger partial charge in [-0.05, 0) is 41.3 Å². The van der Waals surface area contributed by atoms with Gasteiger partial charge in [0.25, 0.3) is 11.8 Å². The second-order valence-corrected chi connectivity index (χ2v) is 7.59. The Labute approximate surface area is 171 Å². The Morgan fingerprint density at radius 3 is 2.29 bits per heavy atom. The van der Waals surface area contributed by atoms with E-state index in [1.165, 1.54) is 5.01 Å². The van der Waals surface area contributed by atoms with Crippen LogP contribution < -0.4 is 15.3 Å². The number of hydrogen-bond acceptors (Lipinski definition) is 3. The molecule has 1 aliphatic heterocycles. The fraction of sp³-hybridized carbons (Fsp3) is 0.0909.